The minimum absolute atomic E-state index is 0.268. The van der Waals surface area contributed by atoms with Crippen LogP contribution in [-0.2, 0) is 24.2 Å². The van der Waals surface area contributed by atoms with Crippen LogP contribution in [0, 0.1) is 0 Å². The molecule has 0 saturated heterocycles. The summed E-state index contributed by atoms with van der Waals surface area (Å²) in [6, 6.07) is 11.0. The van der Waals surface area contributed by atoms with E-state index in [0.29, 0.717) is 18.8 Å². The van der Waals surface area contributed by atoms with Crippen LogP contribution >= 0.6 is 0 Å². The minimum Gasteiger partial charge on any atom is -0.508 e. The number of carbonyl (C=O) groups is 1. The SMILES string of the molecule is CCCN1Cc2[nH]c(-c3n[nH]c4cc(-c5ccc(O)cc5CC)ccc34)nc2CC1C(=O)O. The highest BCUT2D eigenvalue weighted by Gasteiger charge is 2.33. The van der Waals surface area contributed by atoms with E-state index >= 15 is 0 Å². The van der Waals surface area contributed by atoms with Crippen molar-refractivity contribution in [1.29, 1.82) is 0 Å². The summed E-state index contributed by atoms with van der Waals surface area (Å²) in [5.41, 5.74) is 6.58. The van der Waals surface area contributed by atoms with Crippen LogP contribution in [0.3, 0.4) is 0 Å². The quantitative estimate of drug-likeness (QED) is 0.355. The Hall–Kier alpha value is -3.65. The van der Waals surface area contributed by atoms with E-state index in [0.717, 1.165) is 64.1 Å². The summed E-state index contributed by atoms with van der Waals surface area (Å²) in [6.07, 6.45) is 2.10. The number of phenols is 1. The molecule has 1 aliphatic heterocycles. The van der Waals surface area contributed by atoms with Crippen LogP contribution in [0.5, 0.6) is 5.75 Å². The van der Waals surface area contributed by atoms with E-state index in [1.54, 1.807) is 12.1 Å². The van der Waals surface area contributed by atoms with Crippen LogP contribution < -0.4 is 0 Å². The van der Waals surface area contributed by atoms with Gasteiger partial charge in [-0.25, -0.2) is 4.98 Å². The van der Waals surface area contributed by atoms with Gasteiger partial charge in [0.25, 0.3) is 0 Å². The lowest BCUT2D eigenvalue weighted by Gasteiger charge is -2.31. The summed E-state index contributed by atoms with van der Waals surface area (Å²) < 4.78 is 0. The normalized spacial score (nSPS) is 16.2. The number of carboxylic acid groups (broad SMARTS) is 1. The lowest BCUT2D eigenvalue weighted by atomic mass is 9.97. The van der Waals surface area contributed by atoms with Crippen molar-refractivity contribution in [2.45, 2.75) is 45.7 Å². The van der Waals surface area contributed by atoms with Crippen molar-refractivity contribution in [2.75, 3.05) is 6.54 Å². The highest BCUT2D eigenvalue weighted by Crippen LogP contribution is 2.33. The molecule has 8 nitrogen and oxygen atoms in total. The number of aliphatic carboxylic acids is 1. The average molecular weight is 446 g/mol. The first-order valence-electron chi connectivity index (χ1n) is 11.3. The Morgan fingerprint density at radius 3 is 2.82 bits per heavy atom. The number of nitrogens with one attached hydrogen (secondary N) is 2. The van der Waals surface area contributed by atoms with Gasteiger partial charge in [0, 0.05) is 18.4 Å². The van der Waals surface area contributed by atoms with E-state index in [1.807, 2.05) is 17.0 Å². The number of aromatic amines is 2. The molecule has 8 heteroatoms. The molecular weight excluding hydrogens is 418 g/mol. The van der Waals surface area contributed by atoms with Crippen LogP contribution in [0.25, 0.3) is 33.5 Å². The largest absolute Gasteiger partial charge is 0.508 e. The zero-order valence-electron chi connectivity index (χ0n) is 18.7. The van der Waals surface area contributed by atoms with Gasteiger partial charge >= 0.3 is 5.97 Å². The molecule has 4 aromatic rings. The summed E-state index contributed by atoms with van der Waals surface area (Å²) in [6.45, 7) is 5.40. The molecule has 1 aliphatic rings. The van der Waals surface area contributed by atoms with Gasteiger partial charge in [-0.15, -0.1) is 0 Å². The van der Waals surface area contributed by atoms with E-state index in [2.05, 4.69) is 41.2 Å². The third-order valence-corrected chi connectivity index (χ3v) is 6.42. The fourth-order valence-electron chi connectivity index (χ4n) is 4.77. The summed E-state index contributed by atoms with van der Waals surface area (Å²) >= 11 is 0. The molecule has 0 bridgehead atoms. The number of aromatic nitrogens is 4. The molecule has 33 heavy (non-hydrogen) atoms. The van der Waals surface area contributed by atoms with E-state index in [9.17, 15) is 15.0 Å². The van der Waals surface area contributed by atoms with Gasteiger partial charge in [-0.1, -0.05) is 26.0 Å². The van der Waals surface area contributed by atoms with Crippen LogP contribution in [0.2, 0.25) is 0 Å². The second-order valence-corrected chi connectivity index (χ2v) is 8.57. The zero-order chi connectivity index (χ0) is 23.1. The van der Waals surface area contributed by atoms with Crippen LogP contribution in [0.1, 0.15) is 37.2 Å². The first kappa shape index (κ1) is 21.2. The second kappa shape index (κ2) is 8.37. The Morgan fingerprint density at radius 1 is 1.21 bits per heavy atom. The standard InChI is InChI=1S/C25H27N5O3/c1-3-9-30-13-21-20(12-22(30)25(32)33)26-24(27-21)23-18-7-5-15(11-19(18)28-29-23)17-8-6-16(31)10-14(17)4-2/h5-8,10-11,22,31H,3-4,9,12-13H2,1-2H3,(H,26,27)(H,28,29)(H,32,33). The van der Waals surface area contributed by atoms with Gasteiger partial charge in [-0.3, -0.25) is 14.8 Å². The van der Waals surface area contributed by atoms with Gasteiger partial charge < -0.3 is 15.2 Å². The Bertz CT molecular complexity index is 1340. The molecular formula is C25H27N5O3. The number of nitrogens with zero attached hydrogens (tertiary/aromatic N) is 3. The predicted octanol–water partition coefficient (Wildman–Crippen LogP) is 4.11. The molecule has 170 valence electrons. The predicted molar refractivity (Wildman–Crippen MR) is 126 cm³/mol. The van der Waals surface area contributed by atoms with E-state index in [-0.39, 0.29) is 5.75 Å². The smallest absolute Gasteiger partial charge is 0.321 e. The molecule has 1 atom stereocenters. The Labute approximate surface area is 191 Å². The van der Waals surface area contributed by atoms with Crippen molar-refractivity contribution in [3.8, 4) is 28.4 Å². The van der Waals surface area contributed by atoms with Gasteiger partial charge in [-0.2, -0.15) is 5.10 Å². The van der Waals surface area contributed by atoms with Gasteiger partial charge in [0.2, 0.25) is 0 Å². The Balaban J connectivity index is 1.50. The molecule has 0 fully saturated rings. The topological polar surface area (TPSA) is 118 Å². The van der Waals surface area contributed by atoms with Gasteiger partial charge in [0.15, 0.2) is 5.82 Å². The number of aromatic hydroxyl groups is 1. The first-order valence-corrected chi connectivity index (χ1v) is 11.3. The number of rotatable bonds is 6. The summed E-state index contributed by atoms with van der Waals surface area (Å²) in [5.74, 6) is 0.113. The molecule has 1 unspecified atom stereocenters. The molecule has 5 rings (SSSR count). The summed E-state index contributed by atoms with van der Waals surface area (Å²) in [7, 11) is 0. The number of fused-ring (bicyclic) bond motifs is 2. The summed E-state index contributed by atoms with van der Waals surface area (Å²) in [4.78, 5) is 21.9. The number of hydrogen-bond acceptors (Lipinski definition) is 5. The maximum absolute atomic E-state index is 11.8. The number of imidazole rings is 1. The number of phenolic OH excluding ortho intramolecular Hbond substituents is 1. The van der Waals surface area contributed by atoms with E-state index in [4.69, 9.17) is 4.98 Å². The van der Waals surface area contributed by atoms with E-state index in [1.165, 1.54) is 0 Å². The number of benzene rings is 2. The van der Waals surface area contributed by atoms with Crippen molar-refractivity contribution in [2.24, 2.45) is 0 Å². The highest BCUT2D eigenvalue weighted by atomic mass is 16.4. The van der Waals surface area contributed by atoms with Crippen molar-refractivity contribution < 1.29 is 15.0 Å². The number of hydrogen-bond donors (Lipinski definition) is 4. The fraction of sp³-hybridized carbons (Fsp3) is 0.320. The third kappa shape index (κ3) is 3.76. The summed E-state index contributed by atoms with van der Waals surface area (Å²) in [5, 5.41) is 28.1. The molecule has 0 saturated carbocycles. The van der Waals surface area contributed by atoms with Crippen molar-refractivity contribution >= 4 is 16.9 Å². The fourth-order valence-corrected chi connectivity index (χ4v) is 4.77. The van der Waals surface area contributed by atoms with Crippen molar-refractivity contribution in [3.05, 3.63) is 53.3 Å². The molecule has 0 amide bonds. The van der Waals surface area contributed by atoms with Crippen LogP contribution in [0.4, 0.5) is 0 Å². The average Bonchev–Trinajstić information content (AvgIpc) is 3.41. The second-order valence-electron chi connectivity index (χ2n) is 8.57. The minimum atomic E-state index is -0.808. The molecule has 2 aromatic heterocycles. The Morgan fingerprint density at radius 2 is 2.06 bits per heavy atom. The maximum Gasteiger partial charge on any atom is 0.321 e. The third-order valence-electron chi connectivity index (χ3n) is 6.42. The lowest BCUT2D eigenvalue weighted by Crippen LogP contribution is -2.45. The molecule has 4 N–H and O–H groups in total. The van der Waals surface area contributed by atoms with Gasteiger partial charge in [0.1, 0.15) is 17.5 Å². The number of carboxylic acids is 1. The van der Waals surface area contributed by atoms with Gasteiger partial charge in [0.05, 0.1) is 16.9 Å². The van der Waals surface area contributed by atoms with Crippen molar-refractivity contribution in [3.63, 3.8) is 0 Å². The highest BCUT2D eigenvalue weighted by molar-refractivity contribution is 5.94. The maximum atomic E-state index is 11.8. The molecule has 0 radical (unpaired) electrons. The molecule has 0 spiro atoms. The van der Waals surface area contributed by atoms with E-state index < -0.39 is 12.0 Å². The number of aryl methyl sites for hydroxylation is 1. The molecule has 2 aromatic carbocycles. The van der Waals surface area contributed by atoms with Crippen LogP contribution in [-0.4, -0.2) is 53.8 Å². The van der Waals surface area contributed by atoms with Crippen LogP contribution in [0.15, 0.2) is 36.4 Å². The van der Waals surface area contributed by atoms with Gasteiger partial charge in [-0.05, 0) is 60.3 Å². The Kier molecular flexibility index (Phi) is 5.38. The zero-order valence-corrected chi connectivity index (χ0v) is 18.7. The molecule has 3 heterocycles. The monoisotopic (exact) mass is 445 g/mol. The number of H-pyrrole nitrogens is 2. The molecule has 0 aliphatic carbocycles. The van der Waals surface area contributed by atoms with Crippen molar-refractivity contribution in [1.82, 2.24) is 25.1 Å². The first-order chi connectivity index (χ1) is 16.0. The lowest BCUT2D eigenvalue weighted by molar-refractivity contribution is -0.144.